The third-order valence-electron chi connectivity index (χ3n) is 3.59. The summed E-state index contributed by atoms with van der Waals surface area (Å²) in [5.74, 6) is -3.67. The van der Waals surface area contributed by atoms with E-state index in [0.717, 1.165) is 6.07 Å². The highest BCUT2D eigenvalue weighted by molar-refractivity contribution is 5.96. The first-order valence-corrected chi connectivity index (χ1v) is 6.04. The summed E-state index contributed by atoms with van der Waals surface area (Å²) in [4.78, 5) is 12.1. The number of nitrogens with two attached hydrogens (primary N) is 1. The van der Waals surface area contributed by atoms with Crippen LogP contribution in [0, 0.1) is 28.8 Å². The lowest BCUT2D eigenvalue weighted by Gasteiger charge is -2.44. The molecule has 0 aromatic heterocycles. The molecular formula is C13H15F3N2O. The summed E-state index contributed by atoms with van der Waals surface area (Å²) in [5.41, 5.74) is 4.33. The van der Waals surface area contributed by atoms with Crippen LogP contribution in [0.15, 0.2) is 12.1 Å². The van der Waals surface area contributed by atoms with Gasteiger partial charge in [-0.2, -0.15) is 0 Å². The first-order chi connectivity index (χ1) is 8.88. The predicted octanol–water partition coefficient (Wildman–Crippen LogP) is 2.42. The molecule has 1 aliphatic carbocycles. The van der Waals surface area contributed by atoms with Crippen LogP contribution in [0.3, 0.4) is 0 Å². The van der Waals surface area contributed by atoms with Gasteiger partial charge in [0.05, 0.1) is 11.1 Å². The van der Waals surface area contributed by atoms with Crippen LogP contribution in [-0.2, 0) is 4.79 Å². The van der Waals surface area contributed by atoms with Gasteiger partial charge in [0.15, 0.2) is 11.6 Å². The van der Waals surface area contributed by atoms with Crippen LogP contribution in [0.25, 0.3) is 0 Å². The van der Waals surface area contributed by atoms with Crippen molar-refractivity contribution in [2.45, 2.75) is 19.8 Å². The minimum Gasteiger partial charge on any atom is -0.329 e. The molecule has 1 aliphatic rings. The SMILES string of the molecule is CC1CC(CN)(C(=O)Nc2cc(F)cc(F)c2F)C1. The van der Waals surface area contributed by atoms with Gasteiger partial charge >= 0.3 is 0 Å². The van der Waals surface area contributed by atoms with Crippen LogP contribution < -0.4 is 11.1 Å². The molecule has 3 N–H and O–H groups in total. The Morgan fingerprint density at radius 1 is 1.42 bits per heavy atom. The summed E-state index contributed by atoms with van der Waals surface area (Å²) in [6, 6.07) is 1.18. The molecule has 0 aliphatic heterocycles. The minimum absolute atomic E-state index is 0.128. The fourth-order valence-corrected chi connectivity index (χ4v) is 2.62. The standard InChI is InChI=1S/C13H15F3N2O/c1-7-4-13(5-7,6-17)12(19)18-10-3-8(14)2-9(15)11(10)16/h2-3,7H,4-6,17H2,1H3,(H,18,19). The molecule has 0 heterocycles. The molecule has 3 nitrogen and oxygen atoms in total. The van der Waals surface area contributed by atoms with E-state index in [0.29, 0.717) is 24.8 Å². The van der Waals surface area contributed by atoms with Crippen LogP contribution in [0.2, 0.25) is 0 Å². The van der Waals surface area contributed by atoms with Crippen molar-refractivity contribution in [3.8, 4) is 0 Å². The monoisotopic (exact) mass is 272 g/mol. The molecule has 0 unspecified atom stereocenters. The van der Waals surface area contributed by atoms with E-state index < -0.39 is 34.5 Å². The van der Waals surface area contributed by atoms with Crippen molar-refractivity contribution in [3.63, 3.8) is 0 Å². The van der Waals surface area contributed by atoms with E-state index in [1.165, 1.54) is 0 Å². The summed E-state index contributed by atoms with van der Waals surface area (Å²) >= 11 is 0. The number of carbonyl (C=O) groups is 1. The number of rotatable bonds is 3. The van der Waals surface area contributed by atoms with E-state index in [1.54, 1.807) is 0 Å². The second-order valence-corrected chi connectivity index (χ2v) is 5.20. The lowest BCUT2D eigenvalue weighted by Crippen LogP contribution is -2.51. The first kappa shape index (κ1) is 13.9. The number of hydrogen-bond donors (Lipinski definition) is 2. The van der Waals surface area contributed by atoms with E-state index in [-0.39, 0.29) is 6.54 Å². The van der Waals surface area contributed by atoms with Gasteiger partial charge in [-0.1, -0.05) is 6.92 Å². The van der Waals surface area contributed by atoms with E-state index >= 15 is 0 Å². The Balaban J connectivity index is 2.20. The molecule has 0 spiro atoms. The maximum Gasteiger partial charge on any atom is 0.231 e. The normalized spacial score (nSPS) is 25.8. The van der Waals surface area contributed by atoms with Gasteiger partial charge in [0.25, 0.3) is 0 Å². The minimum atomic E-state index is -1.33. The number of nitrogens with one attached hydrogen (secondary N) is 1. The average molecular weight is 272 g/mol. The Labute approximate surface area is 109 Å². The Morgan fingerprint density at radius 3 is 2.58 bits per heavy atom. The topological polar surface area (TPSA) is 55.1 Å². The molecule has 104 valence electrons. The Morgan fingerprint density at radius 2 is 2.05 bits per heavy atom. The maximum atomic E-state index is 13.4. The summed E-state index contributed by atoms with van der Waals surface area (Å²) in [5, 5.41) is 2.23. The molecule has 0 saturated heterocycles. The van der Waals surface area contributed by atoms with Crippen molar-refractivity contribution in [3.05, 3.63) is 29.6 Å². The molecule has 1 fully saturated rings. The highest BCUT2D eigenvalue weighted by Gasteiger charge is 2.47. The largest absolute Gasteiger partial charge is 0.329 e. The van der Waals surface area contributed by atoms with Gasteiger partial charge in [-0.15, -0.1) is 0 Å². The van der Waals surface area contributed by atoms with Gasteiger partial charge in [-0.25, -0.2) is 13.2 Å². The molecule has 1 aromatic carbocycles. The third-order valence-corrected chi connectivity index (χ3v) is 3.59. The Hall–Kier alpha value is -1.56. The van der Waals surface area contributed by atoms with E-state index in [1.807, 2.05) is 6.92 Å². The van der Waals surface area contributed by atoms with Crippen LogP contribution in [-0.4, -0.2) is 12.5 Å². The number of amides is 1. The molecule has 1 saturated carbocycles. The van der Waals surface area contributed by atoms with Crippen molar-refractivity contribution in [1.29, 1.82) is 0 Å². The molecular weight excluding hydrogens is 257 g/mol. The molecule has 0 radical (unpaired) electrons. The molecule has 0 bridgehead atoms. The fourth-order valence-electron chi connectivity index (χ4n) is 2.62. The first-order valence-electron chi connectivity index (χ1n) is 6.04. The van der Waals surface area contributed by atoms with Crippen LogP contribution in [0.4, 0.5) is 18.9 Å². The predicted molar refractivity (Wildman–Crippen MR) is 64.8 cm³/mol. The van der Waals surface area contributed by atoms with Gasteiger partial charge in [-0.3, -0.25) is 4.79 Å². The fraction of sp³-hybridized carbons (Fsp3) is 0.462. The highest BCUT2D eigenvalue weighted by atomic mass is 19.2. The number of hydrogen-bond acceptors (Lipinski definition) is 2. The summed E-state index contributed by atoms with van der Waals surface area (Å²) in [6.45, 7) is 2.10. The smallest absolute Gasteiger partial charge is 0.231 e. The van der Waals surface area contributed by atoms with Crippen molar-refractivity contribution < 1.29 is 18.0 Å². The van der Waals surface area contributed by atoms with Crippen molar-refractivity contribution >= 4 is 11.6 Å². The zero-order chi connectivity index (χ0) is 14.2. The highest BCUT2D eigenvalue weighted by Crippen LogP contribution is 2.45. The number of halogens is 3. The molecule has 0 atom stereocenters. The van der Waals surface area contributed by atoms with Gasteiger partial charge in [0.1, 0.15) is 5.82 Å². The molecule has 19 heavy (non-hydrogen) atoms. The number of anilines is 1. The van der Waals surface area contributed by atoms with Crippen molar-refractivity contribution in [1.82, 2.24) is 0 Å². The Bertz CT molecular complexity index is 513. The van der Waals surface area contributed by atoms with Crippen LogP contribution in [0.5, 0.6) is 0 Å². The zero-order valence-electron chi connectivity index (χ0n) is 10.5. The molecule has 2 rings (SSSR count). The van der Waals surface area contributed by atoms with E-state index in [2.05, 4.69) is 5.32 Å². The second-order valence-electron chi connectivity index (χ2n) is 5.20. The second kappa shape index (κ2) is 4.85. The van der Waals surface area contributed by atoms with Crippen molar-refractivity contribution in [2.24, 2.45) is 17.1 Å². The maximum absolute atomic E-state index is 13.4. The lowest BCUT2D eigenvalue weighted by atomic mass is 9.62. The molecule has 1 aromatic rings. The van der Waals surface area contributed by atoms with Gasteiger partial charge in [0, 0.05) is 18.7 Å². The van der Waals surface area contributed by atoms with E-state index in [9.17, 15) is 18.0 Å². The van der Waals surface area contributed by atoms with E-state index in [4.69, 9.17) is 5.73 Å². The zero-order valence-corrected chi connectivity index (χ0v) is 10.5. The van der Waals surface area contributed by atoms with Crippen molar-refractivity contribution in [2.75, 3.05) is 11.9 Å². The van der Waals surface area contributed by atoms with Crippen LogP contribution >= 0.6 is 0 Å². The van der Waals surface area contributed by atoms with Gasteiger partial charge in [0.2, 0.25) is 5.91 Å². The van der Waals surface area contributed by atoms with Gasteiger partial charge in [-0.05, 0) is 18.8 Å². The average Bonchev–Trinajstić information content (AvgIpc) is 2.30. The van der Waals surface area contributed by atoms with Crippen LogP contribution in [0.1, 0.15) is 19.8 Å². The molecule has 1 amide bonds. The number of benzene rings is 1. The third kappa shape index (κ3) is 2.45. The quantitative estimate of drug-likeness (QED) is 0.830. The summed E-state index contributed by atoms with van der Waals surface area (Å²) in [7, 11) is 0. The summed E-state index contributed by atoms with van der Waals surface area (Å²) in [6.07, 6.45) is 1.18. The number of carbonyl (C=O) groups excluding carboxylic acids is 1. The lowest BCUT2D eigenvalue weighted by molar-refractivity contribution is -0.132. The Kier molecular flexibility index (Phi) is 3.54. The summed E-state index contributed by atoms with van der Waals surface area (Å²) < 4.78 is 39.5. The van der Waals surface area contributed by atoms with Gasteiger partial charge < -0.3 is 11.1 Å². The molecule has 6 heteroatoms.